The zero-order valence-electron chi connectivity index (χ0n) is 21.3. The topological polar surface area (TPSA) is 92.2 Å². The van der Waals surface area contributed by atoms with E-state index in [4.69, 9.17) is 4.74 Å². The van der Waals surface area contributed by atoms with Gasteiger partial charge in [0.05, 0.1) is 0 Å². The van der Waals surface area contributed by atoms with Crippen LogP contribution in [-0.2, 0) is 22.6 Å². The van der Waals surface area contributed by atoms with Gasteiger partial charge in [-0.3, -0.25) is 24.2 Å². The first-order valence-corrected chi connectivity index (χ1v) is 12.6. The lowest BCUT2D eigenvalue weighted by Crippen LogP contribution is -2.67. The smallest absolute Gasteiger partial charge is 0.332 e. The maximum atomic E-state index is 13.7. The van der Waals surface area contributed by atoms with Crippen LogP contribution >= 0.6 is 0 Å². The Morgan fingerprint density at radius 3 is 2.35 bits per heavy atom. The number of aromatic nitrogens is 1. The quantitative estimate of drug-likeness (QED) is 0.424. The Kier molecular flexibility index (Phi) is 6.49. The van der Waals surface area contributed by atoms with E-state index < -0.39 is 23.3 Å². The average Bonchev–Trinajstić information content (AvgIpc) is 2.90. The van der Waals surface area contributed by atoms with Gasteiger partial charge in [0.2, 0.25) is 11.8 Å². The Balaban J connectivity index is 1.46. The number of ether oxygens (including phenoxy) is 1. The van der Waals surface area contributed by atoms with Gasteiger partial charge in [0.1, 0.15) is 17.8 Å². The first-order chi connectivity index (χ1) is 17.7. The third-order valence-corrected chi connectivity index (χ3v) is 7.85. The summed E-state index contributed by atoms with van der Waals surface area (Å²) in [6, 6.07) is 12.1. The molecule has 1 aromatic heterocycles. The van der Waals surface area contributed by atoms with Crippen molar-refractivity contribution in [2.45, 2.75) is 25.3 Å². The van der Waals surface area contributed by atoms with Gasteiger partial charge >= 0.3 is 6.03 Å². The highest BCUT2D eigenvalue weighted by molar-refractivity contribution is 6.19. The first-order valence-electron chi connectivity index (χ1n) is 12.6. The van der Waals surface area contributed by atoms with E-state index >= 15 is 0 Å². The maximum absolute atomic E-state index is 13.7. The molecule has 3 aliphatic rings. The molecule has 2 unspecified atom stereocenters. The molecule has 0 N–H and O–H groups in total. The number of nitrogens with zero attached hydrogens (tertiary/aromatic N) is 4. The van der Waals surface area contributed by atoms with Gasteiger partial charge < -0.3 is 14.2 Å². The summed E-state index contributed by atoms with van der Waals surface area (Å²) in [5.74, 6) is 0.0854. The van der Waals surface area contributed by atoms with E-state index in [-0.39, 0.29) is 30.4 Å². The lowest BCUT2D eigenvalue weighted by atomic mass is 9.75. The molecule has 2 bridgehead atoms. The van der Waals surface area contributed by atoms with Gasteiger partial charge in [0, 0.05) is 58.0 Å². The molecule has 0 spiro atoms. The molecule has 194 valence electrons. The molecule has 9 nitrogen and oxygen atoms in total. The van der Waals surface area contributed by atoms with E-state index in [2.05, 4.69) is 11.5 Å². The van der Waals surface area contributed by atoms with Crippen LogP contribution in [0.5, 0.6) is 5.75 Å². The second-order valence-corrected chi connectivity index (χ2v) is 10.4. The highest BCUT2D eigenvalue weighted by atomic mass is 16.5. The Bertz CT molecular complexity index is 1280. The number of amides is 4. The zero-order chi connectivity index (χ0) is 26.3. The van der Waals surface area contributed by atoms with Crippen LogP contribution in [0.2, 0.25) is 0 Å². The number of piperidine rings is 1. The molecule has 3 aliphatic heterocycles. The molecule has 37 heavy (non-hydrogen) atoms. The fourth-order valence-electron chi connectivity index (χ4n) is 6.19. The largest absolute Gasteiger partial charge is 0.490 e. The molecular weight excluding hydrogens is 472 g/mol. The number of hydrogen-bond acceptors (Lipinski definition) is 6. The molecule has 2 fully saturated rings. The predicted octanol–water partition coefficient (Wildman–Crippen LogP) is 2.11. The molecule has 5 rings (SSSR count). The van der Waals surface area contributed by atoms with Crippen LogP contribution in [0, 0.1) is 11.3 Å². The van der Waals surface area contributed by atoms with Crippen LogP contribution in [0.4, 0.5) is 4.79 Å². The van der Waals surface area contributed by atoms with Crippen molar-refractivity contribution in [1.29, 1.82) is 0 Å². The van der Waals surface area contributed by atoms with Crippen molar-refractivity contribution in [3.8, 4) is 5.75 Å². The summed E-state index contributed by atoms with van der Waals surface area (Å²) >= 11 is 0. The van der Waals surface area contributed by atoms with E-state index in [1.807, 2.05) is 34.9 Å². The number of rotatable bonds is 7. The van der Waals surface area contributed by atoms with Gasteiger partial charge in [-0.1, -0.05) is 30.9 Å². The number of pyridine rings is 1. The third kappa shape index (κ3) is 4.37. The molecule has 0 aliphatic carbocycles. The van der Waals surface area contributed by atoms with Crippen molar-refractivity contribution in [3.63, 3.8) is 0 Å². The minimum absolute atomic E-state index is 0.0111. The van der Waals surface area contributed by atoms with Crippen LogP contribution in [0.15, 0.2) is 59.9 Å². The Morgan fingerprint density at radius 1 is 0.973 bits per heavy atom. The molecule has 4 heterocycles. The van der Waals surface area contributed by atoms with E-state index in [0.717, 1.165) is 27.5 Å². The van der Waals surface area contributed by atoms with Crippen molar-refractivity contribution in [2.75, 3.05) is 40.3 Å². The normalized spacial score (nSPS) is 23.1. The number of benzene rings is 1. The zero-order valence-corrected chi connectivity index (χ0v) is 21.3. The number of carbonyl (C=O) groups excluding carboxylic acids is 3. The van der Waals surface area contributed by atoms with Crippen molar-refractivity contribution in [1.82, 2.24) is 19.3 Å². The maximum Gasteiger partial charge on any atom is 0.332 e. The highest BCUT2D eigenvalue weighted by Crippen LogP contribution is 2.39. The Morgan fingerprint density at radius 2 is 1.68 bits per heavy atom. The summed E-state index contributed by atoms with van der Waals surface area (Å²) in [5.41, 5.74) is 0.376. The Labute approximate surface area is 215 Å². The van der Waals surface area contributed by atoms with Crippen LogP contribution in [0.25, 0.3) is 0 Å². The number of barbiturate groups is 1. The van der Waals surface area contributed by atoms with Crippen LogP contribution in [-0.4, -0.2) is 77.4 Å². The van der Waals surface area contributed by atoms with Gasteiger partial charge in [-0.2, -0.15) is 0 Å². The SMILES string of the molecule is C=CCOc1ccc(CC2(CN3CC4CC(C3)c3cccc(=O)n3C4)C(=O)N(C)C(=O)N(C)C2=O)cc1. The van der Waals surface area contributed by atoms with E-state index in [0.29, 0.717) is 32.0 Å². The molecule has 0 saturated carbocycles. The van der Waals surface area contributed by atoms with E-state index in [1.54, 1.807) is 18.2 Å². The fourth-order valence-corrected chi connectivity index (χ4v) is 6.19. The molecule has 4 amide bonds. The summed E-state index contributed by atoms with van der Waals surface area (Å²) < 4.78 is 7.43. The molecule has 2 saturated heterocycles. The molecule has 2 atom stereocenters. The molecular formula is C28H32N4O5. The molecule has 1 aromatic carbocycles. The summed E-state index contributed by atoms with van der Waals surface area (Å²) in [5, 5.41) is 0. The predicted molar refractivity (Wildman–Crippen MR) is 137 cm³/mol. The number of carbonyl (C=O) groups is 3. The lowest BCUT2D eigenvalue weighted by molar-refractivity contribution is -0.159. The van der Waals surface area contributed by atoms with Crippen LogP contribution in [0.3, 0.4) is 0 Å². The van der Waals surface area contributed by atoms with Gasteiger partial charge in [-0.25, -0.2) is 4.79 Å². The number of hydrogen-bond donors (Lipinski definition) is 0. The van der Waals surface area contributed by atoms with Crippen LogP contribution in [0.1, 0.15) is 23.6 Å². The standard InChI is InChI=1S/C28H32N4O5/c1-4-12-37-22-10-8-19(9-11-22)14-28(25(34)29(2)27(36)30(3)26(28)35)18-31-15-20-13-21(17-31)23-6-5-7-24(33)32(23)16-20/h4-11,20-21H,1,12-18H2,2-3H3. The molecule has 9 heteroatoms. The average molecular weight is 505 g/mol. The molecule has 0 radical (unpaired) electrons. The fraction of sp³-hybridized carbons (Fsp3) is 0.429. The van der Waals surface area contributed by atoms with Crippen LogP contribution < -0.4 is 10.3 Å². The van der Waals surface area contributed by atoms with E-state index in [9.17, 15) is 19.2 Å². The van der Waals surface area contributed by atoms with Gasteiger partial charge in [0.25, 0.3) is 5.56 Å². The highest BCUT2D eigenvalue weighted by Gasteiger charge is 2.56. The lowest BCUT2D eigenvalue weighted by Gasteiger charge is -2.48. The monoisotopic (exact) mass is 504 g/mol. The second kappa shape index (κ2) is 9.63. The van der Waals surface area contributed by atoms with E-state index in [1.165, 1.54) is 14.1 Å². The second-order valence-electron chi connectivity index (χ2n) is 10.4. The van der Waals surface area contributed by atoms with Gasteiger partial charge in [-0.15, -0.1) is 0 Å². The minimum atomic E-state index is -1.44. The first kappa shape index (κ1) is 25.0. The summed E-state index contributed by atoms with van der Waals surface area (Å²) in [6.07, 6.45) is 2.79. The molecule has 2 aromatic rings. The van der Waals surface area contributed by atoms with Crippen molar-refractivity contribution < 1.29 is 19.1 Å². The number of likely N-dealkylation sites (tertiary alicyclic amines) is 1. The van der Waals surface area contributed by atoms with Crippen molar-refractivity contribution in [3.05, 3.63) is 76.7 Å². The van der Waals surface area contributed by atoms with Gasteiger partial charge in [0.15, 0.2) is 0 Å². The minimum Gasteiger partial charge on any atom is -0.490 e. The van der Waals surface area contributed by atoms with Crippen molar-refractivity contribution >= 4 is 17.8 Å². The van der Waals surface area contributed by atoms with Crippen molar-refractivity contribution in [2.24, 2.45) is 11.3 Å². The number of urea groups is 1. The summed E-state index contributed by atoms with van der Waals surface area (Å²) in [4.78, 5) is 56.8. The summed E-state index contributed by atoms with van der Waals surface area (Å²) in [7, 11) is 2.87. The summed E-state index contributed by atoms with van der Waals surface area (Å²) in [6.45, 7) is 6.17. The Hall–Kier alpha value is -3.72. The third-order valence-electron chi connectivity index (χ3n) is 7.85. The number of fused-ring (bicyclic) bond motifs is 4. The number of imide groups is 2. The van der Waals surface area contributed by atoms with Gasteiger partial charge in [-0.05, 0) is 42.5 Å².